The molecule has 4 aromatic carbocycles. The number of para-hydroxylation sites is 3. The van der Waals surface area contributed by atoms with Crippen LogP contribution in [0.3, 0.4) is 0 Å². The Morgan fingerprint density at radius 3 is 1.89 bits per heavy atom. The van der Waals surface area contributed by atoms with Crippen molar-refractivity contribution in [1.82, 2.24) is 19.1 Å². The summed E-state index contributed by atoms with van der Waals surface area (Å²) >= 11 is 0. The zero-order valence-electron chi connectivity index (χ0n) is 32.9. The molecule has 0 saturated carbocycles. The number of benzene rings is 4. The minimum atomic E-state index is -0.00135. The lowest BCUT2D eigenvalue weighted by Crippen LogP contribution is -2.34. The average Bonchev–Trinajstić information content (AvgIpc) is 3.66. The summed E-state index contributed by atoms with van der Waals surface area (Å²) in [6.07, 6.45) is 7.36. The third-order valence-corrected chi connectivity index (χ3v) is 10.4. The highest BCUT2D eigenvalue weighted by atomic mass is 16.5. The summed E-state index contributed by atoms with van der Waals surface area (Å²) in [5.74, 6) is 3.06. The van der Waals surface area contributed by atoms with Gasteiger partial charge in [-0.15, -0.1) is 0 Å². The van der Waals surface area contributed by atoms with Crippen LogP contribution >= 0.6 is 0 Å². The molecule has 0 fully saturated rings. The molecule has 4 heterocycles. The highest BCUT2D eigenvalue weighted by molar-refractivity contribution is 6.09. The van der Waals surface area contributed by atoms with Gasteiger partial charge in [0.2, 0.25) is 6.33 Å². The maximum atomic E-state index is 6.61. The van der Waals surface area contributed by atoms with E-state index in [1.165, 1.54) is 27.6 Å². The van der Waals surface area contributed by atoms with Crippen LogP contribution in [0.25, 0.3) is 44.5 Å². The Hall–Kier alpha value is -5.75. The highest BCUT2D eigenvalue weighted by Gasteiger charge is 2.22. The molecule has 0 spiro atoms. The molecular weight excluding hydrogens is 663 g/mol. The van der Waals surface area contributed by atoms with E-state index in [4.69, 9.17) is 14.7 Å². The van der Waals surface area contributed by atoms with E-state index in [9.17, 15) is 0 Å². The Morgan fingerprint density at radius 2 is 1.17 bits per heavy atom. The van der Waals surface area contributed by atoms with Crippen LogP contribution in [0.1, 0.15) is 84.6 Å². The van der Waals surface area contributed by atoms with Gasteiger partial charge in [0.15, 0.2) is 0 Å². The first-order valence-corrected chi connectivity index (χ1v) is 18.9. The lowest BCUT2D eigenvalue weighted by atomic mass is 9.79. The molecule has 0 N–H and O–H groups in total. The quantitative estimate of drug-likeness (QED) is 0.127. The standard InChI is InChI=1S/C48H49N5O/c1-46(2,3)33-20-22-50-45(27-33)53-40-15-11-10-14-38(40)39-19-18-36(28-43(39)53)54-37-21-23-49-44(29-37)52-31-51(41-16-12-13-17-42(41)52)30-32-24-34(47(4,5)6)26-35(25-32)48(7,8)9/h10-29H,30H2,1-9H3. The Kier molecular flexibility index (Phi) is 8.48. The number of ether oxygens (including phenoxy) is 1. The molecule has 6 heteroatoms. The topological polar surface area (TPSA) is 48.8 Å². The molecule has 8 rings (SSSR count). The molecule has 0 aliphatic rings. The molecule has 0 amide bonds. The van der Waals surface area contributed by atoms with Crippen LogP contribution in [-0.4, -0.2) is 19.1 Å². The van der Waals surface area contributed by atoms with E-state index in [0.29, 0.717) is 12.3 Å². The number of imidazole rings is 1. The van der Waals surface area contributed by atoms with Crippen LogP contribution in [0.4, 0.5) is 0 Å². The zero-order valence-corrected chi connectivity index (χ0v) is 32.9. The fourth-order valence-electron chi connectivity index (χ4n) is 7.23. The molecule has 0 saturated heterocycles. The van der Waals surface area contributed by atoms with Gasteiger partial charge in [0.25, 0.3) is 0 Å². The van der Waals surface area contributed by atoms with E-state index >= 15 is 0 Å². The average molecular weight is 712 g/mol. The van der Waals surface area contributed by atoms with Crippen molar-refractivity contribution < 1.29 is 9.30 Å². The van der Waals surface area contributed by atoms with Crippen LogP contribution in [0.15, 0.2) is 122 Å². The second-order valence-corrected chi connectivity index (χ2v) is 17.6. The number of fused-ring (bicyclic) bond motifs is 4. The monoisotopic (exact) mass is 711 g/mol. The molecule has 4 aromatic heterocycles. The lowest BCUT2D eigenvalue weighted by Gasteiger charge is -2.26. The molecule has 0 atom stereocenters. The molecule has 272 valence electrons. The largest absolute Gasteiger partial charge is 0.458 e. The van der Waals surface area contributed by atoms with Crippen molar-refractivity contribution in [2.75, 3.05) is 0 Å². The third kappa shape index (κ3) is 6.66. The van der Waals surface area contributed by atoms with Crippen molar-refractivity contribution in [3.63, 3.8) is 0 Å². The minimum absolute atomic E-state index is 0.00135. The van der Waals surface area contributed by atoms with Crippen molar-refractivity contribution in [2.45, 2.75) is 85.1 Å². The van der Waals surface area contributed by atoms with Crippen LogP contribution in [0.5, 0.6) is 11.5 Å². The van der Waals surface area contributed by atoms with Gasteiger partial charge < -0.3 is 13.9 Å². The highest BCUT2D eigenvalue weighted by Crippen LogP contribution is 2.36. The third-order valence-electron chi connectivity index (χ3n) is 10.4. The van der Waals surface area contributed by atoms with Crippen molar-refractivity contribution in [1.29, 1.82) is 0 Å². The van der Waals surface area contributed by atoms with Crippen LogP contribution in [0, 0.1) is 6.33 Å². The van der Waals surface area contributed by atoms with Crippen molar-refractivity contribution >= 4 is 32.8 Å². The molecule has 6 nitrogen and oxygen atoms in total. The van der Waals surface area contributed by atoms with Crippen LogP contribution in [-0.2, 0) is 22.8 Å². The van der Waals surface area contributed by atoms with E-state index in [1.54, 1.807) is 6.20 Å². The maximum Gasteiger partial charge on any atom is 0.245 e. The first kappa shape index (κ1) is 35.3. The molecule has 0 aliphatic heterocycles. The summed E-state index contributed by atoms with van der Waals surface area (Å²) in [5.41, 5.74) is 9.52. The van der Waals surface area contributed by atoms with E-state index in [1.807, 2.05) is 29.0 Å². The number of rotatable bonds is 6. The van der Waals surface area contributed by atoms with Crippen molar-refractivity contribution in [2.24, 2.45) is 0 Å². The molecule has 54 heavy (non-hydrogen) atoms. The summed E-state index contributed by atoms with van der Waals surface area (Å²) < 4.78 is 13.1. The Labute approximate surface area is 318 Å². The van der Waals surface area contributed by atoms with Gasteiger partial charge in [0, 0.05) is 35.3 Å². The molecule has 8 aromatic rings. The van der Waals surface area contributed by atoms with E-state index in [-0.39, 0.29) is 16.2 Å². The Bertz CT molecular complexity index is 2640. The van der Waals surface area contributed by atoms with Crippen molar-refractivity contribution in [3.8, 4) is 23.1 Å². The number of hydrogen-bond donors (Lipinski definition) is 0. The predicted octanol–water partition coefficient (Wildman–Crippen LogP) is 11.3. The number of aromatic nitrogens is 5. The van der Waals surface area contributed by atoms with Gasteiger partial charge in [-0.1, -0.05) is 123 Å². The molecular formula is C48H49N5O. The van der Waals surface area contributed by atoms with Crippen LogP contribution in [0.2, 0.25) is 0 Å². The van der Waals surface area contributed by atoms with Crippen LogP contribution < -0.4 is 9.30 Å². The predicted molar refractivity (Wildman–Crippen MR) is 220 cm³/mol. The second-order valence-electron chi connectivity index (χ2n) is 17.6. The Morgan fingerprint density at radius 1 is 0.556 bits per heavy atom. The van der Waals surface area contributed by atoms with Gasteiger partial charge in [-0.05, 0) is 74.9 Å². The van der Waals surface area contributed by atoms with Gasteiger partial charge >= 0.3 is 0 Å². The molecule has 0 radical (unpaired) electrons. The minimum Gasteiger partial charge on any atom is -0.458 e. The maximum absolute atomic E-state index is 6.61. The van der Waals surface area contributed by atoms with E-state index < -0.39 is 0 Å². The zero-order chi connectivity index (χ0) is 38.0. The summed E-state index contributed by atoms with van der Waals surface area (Å²) in [7, 11) is 0. The van der Waals surface area contributed by atoms with Gasteiger partial charge in [0.05, 0.1) is 28.6 Å². The van der Waals surface area contributed by atoms with E-state index in [2.05, 4.69) is 169 Å². The number of hydrogen-bond acceptors (Lipinski definition) is 3. The Balaban J connectivity index is 1.16. The first-order valence-electron chi connectivity index (χ1n) is 18.9. The number of pyridine rings is 2. The lowest BCUT2D eigenvalue weighted by molar-refractivity contribution is -0.667. The van der Waals surface area contributed by atoms with Gasteiger partial charge in [-0.2, -0.15) is 0 Å². The normalized spacial score (nSPS) is 12.6. The van der Waals surface area contributed by atoms with Gasteiger partial charge in [-0.3, -0.25) is 9.55 Å². The van der Waals surface area contributed by atoms with Gasteiger partial charge in [-0.25, -0.2) is 4.98 Å². The summed E-state index contributed by atoms with van der Waals surface area (Å²) in [6.45, 7) is 21.1. The smallest absolute Gasteiger partial charge is 0.245 e. The fourth-order valence-corrected chi connectivity index (χ4v) is 7.23. The van der Waals surface area contributed by atoms with Gasteiger partial charge in [0.1, 0.15) is 23.1 Å². The second kappa shape index (κ2) is 13.0. The number of nitrogens with zero attached hydrogens (tertiary/aromatic N) is 5. The van der Waals surface area contributed by atoms with E-state index in [0.717, 1.165) is 44.8 Å². The first-order chi connectivity index (χ1) is 25.6. The SMILES string of the molecule is CC(C)(C)c1cc(C[n+]2[c-]n(-c3cc(Oc4ccc5c6ccccc6n(-c6cc(C(C)(C)C)ccn6)c5c4)ccn3)c3ccccc32)cc(C(C)(C)C)c1. The molecule has 0 unspecified atom stereocenters. The summed E-state index contributed by atoms with van der Waals surface area (Å²) in [6, 6.07) is 38.5. The fraction of sp³-hybridized carbons (Fsp3) is 0.271. The summed E-state index contributed by atoms with van der Waals surface area (Å²) in [5, 5.41) is 2.33. The molecule has 0 aliphatic carbocycles. The van der Waals surface area contributed by atoms with Crippen molar-refractivity contribution in [3.05, 3.63) is 150 Å². The summed E-state index contributed by atoms with van der Waals surface area (Å²) in [4.78, 5) is 9.64. The molecule has 0 bridgehead atoms.